The molecule has 0 aromatic rings. The fourth-order valence-electron chi connectivity index (χ4n) is 9.64. The third-order valence-corrected chi connectivity index (χ3v) is 17.8. The molecule has 0 spiro atoms. The van der Waals surface area contributed by atoms with Crippen LogP contribution in [0.4, 0.5) is 4.79 Å². The Balaban J connectivity index is 0. The maximum atomic E-state index is 13.3. The van der Waals surface area contributed by atoms with Crippen LogP contribution in [-0.4, -0.2) is 134 Å². The monoisotopic (exact) mass is 1350 g/mol. The SMILES string of the molecule is CCCCCCCC/C=C\CCCCCCCC(=O)OC[C@H](COP(=O)(O)O[C@H]1[C@H](O)[C@@H](OP(=O)([O-])[O-])[C@H](OP(=O)([O-])O)[C@@H](OP(=O)([O-])O)[C@H]1O)OC(=O)CCCCCCCCCCCNC(=O)CCCC[C@@H]1SC[C@@H]2NC(=O)N[C@@H]21.[Na+].[Na+].[Na+].[Na+]. The van der Waals surface area contributed by atoms with Crippen molar-refractivity contribution in [3.8, 4) is 0 Å². The molecule has 2 saturated heterocycles. The molecule has 3 rings (SSSR count). The Morgan fingerprint density at radius 3 is 1.64 bits per heavy atom. The molecule has 13 atom stereocenters. The van der Waals surface area contributed by atoms with Crippen LogP contribution in [0.5, 0.6) is 0 Å². The summed E-state index contributed by atoms with van der Waals surface area (Å²) < 4.78 is 81.0. The minimum atomic E-state index is -6.35. The summed E-state index contributed by atoms with van der Waals surface area (Å²) in [5.74, 6) is -0.564. The number of esters is 2. The third-order valence-electron chi connectivity index (χ3n) is 13.8. The van der Waals surface area contributed by atoms with E-state index in [9.17, 15) is 81.9 Å². The van der Waals surface area contributed by atoms with Gasteiger partial charge in [-0.1, -0.05) is 122 Å². The predicted molar refractivity (Wildman–Crippen MR) is 288 cm³/mol. The van der Waals surface area contributed by atoms with E-state index in [0.29, 0.717) is 37.5 Å². The second-order valence-electron chi connectivity index (χ2n) is 20.7. The molecule has 472 valence electrons. The van der Waals surface area contributed by atoms with Crippen molar-refractivity contribution in [3.63, 3.8) is 0 Å². The van der Waals surface area contributed by atoms with Gasteiger partial charge in [-0.25, -0.2) is 9.36 Å². The van der Waals surface area contributed by atoms with E-state index in [4.69, 9.17) is 18.5 Å². The van der Waals surface area contributed by atoms with Crippen LogP contribution in [0.15, 0.2) is 12.2 Å². The third kappa shape index (κ3) is 41.5. The van der Waals surface area contributed by atoms with Crippen molar-refractivity contribution in [1.82, 2.24) is 16.0 Å². The summed E-state index contributed by atoms with van der Waals surface area (Å²) in [4.78, 5) is 125. The van der Waals surface area contributed by atoms with E-state index < -0.39 is 99.2 Å². The number of aliphatic hydroxyl groups excluding tert-OH is 2. The van der Waals surface area contributed by atoms with Crippen molar-refractivity contribution < 1.29 is 232 Å². The van der Waals surface area contributed by atoms with Gasteiger partial charge < -0.3 is 88.0 Å². The zero-order valence-electron chi connectivity index (χ0n) is 50.2. The van der Waals surface area contributed by atoms with Crippen LogP contribution in [0.2, 0.25) is 0 Å². The summed E-state index contributed by atoms with van der Waals surface area (Å²) in [5.41, 5.74) is 0. The molecule has 1 saturated carbocycles. The molecular formula is C49H87N3Na4O24P4S. The average Bonchev–Trinajstić information content (AvgIpc) is 3.39. The summed E-state index contributed by atoms with van der Waals surface area (Å²) in [6, 6.07) is 0.242. The zero-order valence-corrected chi connectivity index (χ0v) is 62.6. The van der Waals surface area contributed by atoms with Crippen LogP contribution in [0.3, 0.4) is 0 Å². The topological polar surface area (TPSA) is 431 Å². The smallest absolute Gasteiger partial charge is 0.790 e. The average molecular weight is 1350 g/mol. The number of hydrogen-bond acceptors (Lipinski definition) is 22. The maximum absolute atomic E-state index is 13.3. The summed E-state index contributed by atoms with van der Waals surface area (Å²) >= 11 is 1.86. The maximum Gasteiger partial charge on any atom is 1.00 e. The molecule has 2 aliphatic heterocycles. The molecule has 0 aromatic carbocycles. The second-order valence-corrected chi connectivity index (χ2v) is 26.8. The van der Waals surface area contributed by atoms with E-state index in [1.165, 1.54) is 38.5 Å². The molecule has 0 radical (unpaired) electrons. The first-order chi connectivity index (χ1) is 38.3. The Kier molecular flexibility index (Phi) is 51.2. The van der Waals surface area contributed by atoms with Gasteiger partial charge in [-0.3, -0.25) is 32.6 Å². The first-order valence-corrected chi connectivity index (χ1v) is 35.4. The van der Waals surface area contributed by atoms with Gasteiger partial charge in [0.2, 0.25) is 5.91 Å². The Morgan fingerprint density at radius 2 is 1.09 bits per heavy atom. The van der Waals surface area contributed by atoms with Crippen LogP contribution in [-0.2, 0) is 64.7 Å². The predicted octanol–water partition coefficient (Wildman–Crippen LogP) is -7.62. The molecule has 0 aromatic heterocycles. The van der Waals surface area contributed by atoms with E-state index in [-0.39, 0.29) is 155 Å². The number of unbranched alkanes of at least 4 members (excludes halogenated alkanes) is 20. The first kappa shape index (κ1) is 89.2. The van der Waals surface area contributed by atoms with Crippen LogP contribution in [0.1, 0.15) is 187 Å². The number of carbonyl (C=O) groups excluding carboxylic acids is 4. The fraction of sp³-hybridized carbons (Fsp3) is 0.878. The normalized spacial score (nSPS) is 24.3. The minimum Gasteiger partial charge on any atom is -0.790 e. The minimum absolute atomic E-state index is 0. The van der Waals surface area contributed by atoms with Gasteiger partial charge in [-0.2, -0.15) is 11.8 Å². The van der Waals surface area contributed by atoms with Gasteiger partial charge in [-0.05, 0) is 57.8 Å². The number of hydrogen-bond donors (Lipinski definition) is 8. The number of nitrogens with one attached hydrogen (secondary N) is 3. The van der Waals surface area contributed by atoms with Crippen LogP contribution >= 0.6 is 43.1 Å². The van der Waals surface area contributed by atoms with Crippen molar-refractivity contribution in [2.75, 3.05) is 25.5 Å². The number of phosphoric acid groups is 4. The number of rotatable bonds is 46. The van der Waals surface area contributed by atoms with E-state index in [1.54, 1.807) is 0 Å². The summed E-state index contributed by atoms with van der Waals surface area (Å²) in [6.45, 7) is 1.03. The molecule has 27 nitrogen and oxygen atoms in total. The van der Waals surface area contributed by atoms with Crippen molar-refractivity contribution in [3.05, 3.63) is 12.2 Å². The quantitative estimate of drug-likeness (QED) is 0.00701. The number of ether oxygens (including phenoxy) is 2. The van der Waals surface area contributed by atoms with Gasteiger partial charge in [0, 0.05) is 36.8 Å². The van der Waals surface area contributed by atoms with Crippen LogP contribution in [0.25, 0.3) is 0 Å². The van der Waals surface area contributed by atoms with Gasteiger partial charge in [0.25, 0.3) is 15.6 Å². The molecule has 0 bridgehead atoms. The van der Waals surface area contributed by atoms with Crippen molar-refractivity contribution >= 4 is 66.9 Å². The van der Waals surface area contributed by atoms with Gasteiger partial charge >= 0.3 is 144 Å². The fourth-order valence-corrected chi connectivity index (χ4v) is 13.8. The largest absolute Gasteiger partial charge is 1.00 e. The number of phosphoric ester groups is 4. The molecule has 3 unspecified atom stereocenters. The zero-order chi connectivity index (χ0) is 59.9. The number of thioether (sulfide) groups is 1. The molecule has 85 heavy (non-hydrogen) atoms. The van der Waals surface area contributed by atoms with Gasteiger partial charge in [0.05, 0.1) is 26.5 Å². The molecule has 3 fully saturated rings. The Hall–Kier alpha value is 2.13. The first-order valence-electron chi connectivity index (χ1n) is 28.4. The number of urea groups is 1. The molecular weight excluding hydrogens is 1260 g/mol. The molecule has 1 aliphatic carbocycles. The summed E-state index contributed by atoms with van der Waals surface area (Å²) in [6.07, 6.45) is 9.39. The van der Waals surface area contributed by atoms with Gasteiger partial charge in [-0.15, -0.1) is 0 Å². The molecule has 3 amide bonds. The number of allylic oxidation sites excluding steroid dienone is 2. The van der Waals surface area contributed by atoms with Crippen molar-refractivity contribution in [2.45, 2.75) is 247 Å². The number of amides is 3. The number of carbonyl (C=O) groups is 4. The molecule has 3 aliphatic rings. The van der Waals surface area contributed by atoms with Gasteiger partial charge in [0.15, 0.2) is 6.10 Å². The molecule has 2 heterocycles. The van der Waals surface area contributed by atoms with E-state index in [2.05, 4.69) is 48.6 Å². The van der Waals surface area contributed by atoms with Crippen LogP contribution in [0, 0.1) is 0 Å². The van der Waals surface area contributed by atoms with Crippen LogP contribution < -0.4 is 154 Å². The summed E-state index contributed by atoms with van der Waals surface area (Å²) in [7, 11) is -24.3. The van der Waals surface area contributed by atoms with Crippen molar-refractivity contribution in [1.29, 1.82) is 0 Å². The van der Waals surface area contributed by atoms with Crippen molar-refractivity contribution in [2.24, 2.45) is 0 Å². The Bertz CT molecular complexity index is 2070. The standard InChI is InChI=1S/C49H91N3O24P4S.4Na/c1-2-3-4-5-6-7-8-9-10-11-12-14-17-20-23-30-40(54)70-33-36(34-71-80(68,69)76-45-43(56)46(73-77(59,60)61)48(75-79(65,66)67)47(44(45)57)74-78(62,63)64)72-41(55)31-24-21-18-15-13-16-19-22-27-32-50-39(53)29-26-25-28-38-42-37(35-81-38)51-49(58)52-42;;;;/h9-10,36-38,42-48,56-57H,2-8,11-35H2,1H3,(H,50,53)(H,68,69)(H2,51,52,58)(H2,59,60,61)(H2,62,63,64)(H2,65,66,67);;;;/q;4*+1/p-4/b10-9-;;;;/t36-,37+,38+,42+,43+,44+,45-,46+,47-,48-;;;;/m1..../s1. The van der Waals surface area contributed by atoms with E-state index >= 15 is 0 Å². The summed E-state index contributed by atoms with van der Waals surface area (Å²) in [5, 5.41) is 31.0. The van der Waals surface area contributed by atoms with Gasteiger partial charge in [0.1, 0.15) is 43.2 Å². The molecule has 36 heteroatoms. The van der Waals surface area contributed by atoms with E-state index in [1.807, 2.05) is 11.8 Å². The number of fused-ring (bicyclic) bond motifs is 1. The number of aliphatic hydroxyl groups is 2. The molecule has 8 N–H and O–H groups in total. The Morgan fingerprint density at radius 1 is 0.612 bits per heavy atom. The Labute approximate surface area is 593 Å². The van der Waals surface area contributed by atoms with E-state index in [0.717, 1.165) is 108 Å². The second kappa shape index (κ2) is 48.8.